The minimum Gasteiger partial charge on any atom is -0.381 e. The zero-order chi connectivity index (χ0) is 13.0. The molecule has 0 saturated carbocycles. The molecule has 1 heterocycles. The summed E-state index contributed by atoms with van der Waals surface area (Å²) in [6.07, 6.45) is 2.25. The fourth-order valence-electron chi connectivity index (χ4n) is 2.67. The van der Waals surface area contributed by atoms with Crippen molar-refractivity contribution in [3.63, 3.8) is 0 Å². The Morgan fingerprint density at radius 1 is 1.28 bits per heavy atom. The Bertz CT molecular complexity index is 358. The maximum atomic E-state index is 5.65. The number of rotatable bonds is 4. The number of hydrogen-bond acceptors (Lipinski definition) is 2. The lowest BCUT2D eigenvalue weighted by molar-refractivity contribution is 0.0300. The number of nitrogens with one attached hydrogen (secondary N) is 1. The molecule has 1 aromatic rings. The number of ether oxygens (including phenoxy) is 1. The van der Waals surface area contributed by atoms with Gasteiger partial charge in [0.05, 0.1) is 6.61 Å². The van der Waals surface area contributed by atoms with Crippen molar-refractivity contribution in [2.24, 2.45) is 5.92 Å². The van der Waals surface area contributed by atoms with Crippen molar-refractivity contribution >= 4 is 0 Å². The van der Waals surface area contributed by atoms with Crippen LogP contribution < -0.4 is 5.32 Å². The molecule has 1 aliphatic heterocycles. The molecule has 2 rings (SSSR count). The predicted octanol–water partition coefficient (Wildman–Crippen LogP) is 2.94. The molecule has 0 amide bonds. The van der Waals surface area contributed by atoms with Gasteiger partial charge in [-0.2, -0.15) is 0 Å². The molecule has 100 valence electrons. The van der Waals surface area contributed by atoms with Gasteiger partial charge in [-0.25, -0.2) is 0 Å². The lowest BCUT2D eigenvalue weighted by atomic mass is 9.89. The van der Waals surface area contributed by atoms with Crippen LogP contribution in [0.1, 0.15) is 31.4 Å². The Balaban J connectivity index is 1.98. The number of hydrogen-bond donors (Lipinski definition) is 1. The van der Waals surface area contributed by atoms with Crippen molar-refractivity contribution in [3.8, 4) is 0 Å². The monoisotopic (exact) mass is 247 g/mol. The van der Waals surface area contributed by atoms with Crippen molar-refractivity contribution in [1.29, 1.82) is 0 Å². The summed E-state index contributed by atoms with van der Waals surface area (Å²) in [5.41, 5.74) is 2.75. The summed E-state index contributed by atoms with van der Waals surface area (Å²) in [5, 5.41) is 3.68. The van der Waals surface area contributed by atoms with Crippen LogP contribution in [0.5, 0.6) is 0 Å². The Hall–Kier alpha value is -0.860. The van der Waals surface area contributed by atoms with Crippen LogP contribution in [0, 0.1) is 12.8 Å². The minimum atomic E-state index is 0.550. The van der Waals surface area contributed by atoms with E-state index in [4.69, 9.17) is 4.74 Å². The van der Waals surface area contributed by atoms with E-state index < -0.39 is 0 Å². The normalized spacial score (nSPS) is 24.4. The first-order chi connectivity index (χ1) is 8.65. The summed E-state index contributed by atoms with van der Waals surface area (Å²) < 4.78 is 5.65. The van der Waals surface area contributed by atoms with Gasteiger partial charge in [-0.05, 0) is 25.3 Å². The topological polar surface area (TPSA) is 21.3 Å². The first-order valence-corrected chi connectivity index (χ1v) is 7.04. The minimum absolute atomic E-state index is 0.550. The third-order valence-corrected chi connectivity index (χ3v) is 3.64. The van der Waals surface area contributed by atoms with E-state index in [-0.39, 0.29) is 0 Å². The quantitative estimate of drug-likeness (QED) is 0.883. The molecule has 1 aliphatic rings. The molecule has 1 fully saturated rings. The Morgan fingerprint density at radius 3 is 2.67 bits per heavy atom. The predicted molar refractivity (Wildman–Crippen MR) is 75.9 cm³/mol. The van der Waals surface area contributed by atoms with Crippen LogP contribution in [0.25, 0.3) is 0 Å². The van der Waals surface area contributed by atoms with Crippen LogP contribution in [0.15, 0.2) is 24.3 Å². The van der Waals surface area contributed by atoms with E-state index >= 15 is 0 Å². The second-order valence-electron chi connectivity index (χ2n) is 5.74. The molecular weight excluding hydrogens is 222 g/mol. The summed E-state index contributed by atoms with van der Waals surface area (Å²) in [7, 11) is 0. The van der Waals surface area contributed by atoms with E-state index in [0.29, 0.717) is 18.0 Å². The lowest BCUT2D eigenvalue weighted by Gasteiger charge is -2.33. The lowest BCUT2D eigenvalue weighted by Crippen LogP contribution is -2.46. The van der Waals surface area contributed by atoms with Gasteiger partial charge in [0.2, 0.25) is 0 Å². The van der Waals surface area contributed by atoms with E-state index in [1.807, 2.05) is 0 Å². The summed E-state index contributed by atoms with van der Waals surface area (Å²) in [6, 6.07) is 10.0. The van der Waals surface area contributed by atoms with Crippen LogP contribution in [0.4, 0.5) is 0 Å². The third-order valence-electron chi connectivity index (χ3n) is 3.64. The second kappa shape index (κ2) is 6.35. The van der Waals surface area contributed by atoms with Crippen molar-refractivity contribution in [2.75, 3.05) is 13.2 Å². The zero-order valence-electron chi connectivity index (χ0n) is 11.8. The highest BCUT2D eigenvalue weighted by Gasteiger charge is 2.26. The van der Waals surface area contributed by atoms with Crippen LogP contribution in [0.3, 0.4) is 0 Å². The molecule has 0 unspecified atom stereocenters. The Morgan fingerprint density at radius 2 is 2.00 bits per heavy atom. The molecule has 0 bridgehead atoms. The molecule has 0 aromatic heterocycles. The molecular formula is C16H25NO. The molecule has 0 aliphatic carbocycles. The van der Waals surface area contributed by atoms with E-state index in [9.17, 15) is 0 Å². The third kappa shape index (κ3) is 3.82. The van der Waals surface area contributed by atoms with Crippen molar-refractivity contribution in [3.05, 3.63) is 35.4 Å². The largest absolute Gasteiger partial charge is 0.381 e. The van der Waals surface area contributed by atoms with Gasteiger partial charge in [-0.1, -0.05) is 43.7 Å². The standard InChI is InChI=1S/C16H25NO/c1-12(2)17-16-8-9-18-11-15(16)10-14-6-4-13(3)5-7-14/h4-7,12,15-17H,8-11H2,1-3H3/t15-,16-/m1/s1. The first kappa shape index (κ1) is 13.6. The molecule has 2 nitrogen and oxygen atoms in total. The van der Waals surface area contributed by atoms with Gasteiger partial charge in [0, 0.05) is 24.6 Å². The van der Waals surface area contributed by atoms with Gasteiger partial charge in [0.15, 0.2) is 0 Å². The van der Waals surface area contributed by atoms with Gasteiger partial charge < -0.3 is 10.1 Å². The molecule has 1 saturated heterocycles. The van der Waals surface area contributed by atoms with Crippen molar-refractivity contribution < 1.29 is 4.74 Å². The molecule has 2 atom stereocenters. The van der Waals surface area contributed by atoms with E-state index in [1.165, 1.54) is 11.1 Å². The fourth-order valence-corrected chi connectivity index (χ4v) is 2.67. The van der Waals surface area contributed by atoms with Crippen molar-refractivity contribution in [1.82, 2.24) is 5.32 Å². The molecule has 1 N–H and O–H groups in total. The van der Waals surface area contributed by atoms with E-state index in [0.717, 1.165) is 26.1 Å². The highest BCUT2D eigenvalue weighted by atomic mass is 16.5. The summed E-state index contributed by atoms with van der Waals surface area (Å²) in [5.74, 6) is 0.601. The summed E-state index contributed by atoms with van der Waals surface area (Å²) >= 11 is 0. The molecule has 0 radical (unpaired) electrons. The average Bonchev–Trinajstić information content (AvgIpc) is 2.34. The van der Waals surface area contributed by atoms with Gasteiger partial charge in [-0.3, -0.25) is 0 Å². The summed E-state index contributed by atoms with van der Waals surface area (Å²) in [6.45, 7) is 8.36. The van der Waals surface area contributed by atoms with Crippen LogP contribution in [0.2, 0.25) is 0 Å². The molecule has 2 heteroatoms. The van der Waals surface area contributed by atoms with Gasteiger partial charge in [0.1, 0.15) is 0 Å². The smallest absolute Gasteiger partial charge is 0.0512 e. The zero-order valence-corrected chi connectivity index (χ0v) is 11.8. The first-order valence-electron chi connectivity index (χ1n) is 7.04. The van der Waals surface area contributed by atoms with Gasteiger partial charge in [-0.15, -0.1) is 0 Å². The maximum absolute atomic E-state index is 5.65. The van der Waals surface area contributed by atoms with E-state index in [2.05, 4.69) is 50.4 Å². The highest BCUT2D eigenvalue weighted by Crippen LogP contribution is 2.20. The average molecular weight is 247 g/mol. The van der Waals surface area contributed by atoms with E-state index in [1.54, 1.807) is 0 Å². The second-order valence-corrected chi connectivity index (χ2v) is 5.74. The SMILES string of the molecule is Cc1ccc(C[C@@H]2COCC[C@H]2NC(C)C)cc1. The number of benzene rings is 1. The molecule has 0 spiro atoms. The van der Waals surface area contributed by atoms with Gasteiger partial charge >= 0.3 is 0 Å². The highest BCUT2D eigenvalue weighted by molar-refractivity contribution is 5.22. The molecule has 1 aromatic carbocycles. The summed E-state index contributed by atoms with van der Waals surface area (Å²) in [4.78, 5) is 0. The van der Waals surface area contributed by atoms with Crippen LogP contribution in [-0.2, 0) is 11.2 Å². The Kier molecular flexibility index (Phi) is 4.79. The fraction of sp³-hybridized carbons (Fsp3) is 0.625. The van der Waals surface area contributed by atoms with Gasteiger partial charge in [0.25, 0.3) is 0 Å². The molecule has 18 heavy (non-hydrogen) atoms. The maximum Gasteiger partial charge on any atom is 0.0512 e. The Labute approximate surface area is 111 Å². The van der Waals surface area contributed by atoms with Crippen LogP contribution in [-0.4, -0.2) is 25.3 Å². The van der Waals surface area contributed by atoms with Crippen molar-refractivity contribution in [2.45, 2.75) is 45.7 Å². The van der Waals surface area contributed by atoms with Crippen LogP contribution >= 0.6 is 0 Å². The number of aryl methyl sites for hydroxylation is 1.